The summed E-state index contributed by atoms with van der Waals surface area (Å²) in [5, 5.41) is 10.1. The number of hydrogen-bond donors (Lipinski definition) is 2. The van der Waals surface area contributed by atoms with Gasteiger partial charge in [0.15, 0.2) is 6.10 Å². The summed E-state index contributed by atoms with van der Waals surface area (Å²) in [6.45, 7) is 4.57. The third kappa shape index (κ3) is 4.94. The van der Waals surface area contributed by atoms with E-state index in [4.69, 9.17) is 9.47 Å². The molecular weight excluding hydrogens is 412 g/mol. The number of esters is 1. The molecule has 9 heteroatoms. The first kappa shape index (κ1) is 21.5. The summed E-state index contributed by atoms with van der Waals surface area (Å²) >= 11 is 0. The van der Waals surface area contributed by atoms with Crippen LogP contribution in [0.1, 0.15) is 12.6 Å². The molecular formula is C23H24N4O5. The zero-order valence-electron chi connectivity index (χ0n) is 17.7. The Labute approximate surface area is 184 Å². The van der Waals surface area contributed by atoms with Gasteiger partial charge in [0.05, 0.1) is 30.7 Å². The lowest BCUT2D eigenvalue weighted by Crippen LogP contribution is -2.36. The van der Waals surface area contributed by atoms with Crippen LogP contribution in [0.3, 0.4) is 0 Å². The normalized spacial score (nSPS) is 14.7. The first-order chi connectivity index (χ1) is 15.5. The number of fused-ring (bicyclic) bond motifs is 1. The van der Waals surface area contributed by atoms with E-state index < -0.39 is 18.0 Å². The predicted octanol–water partition coefficient (Wildman–Crippen LogP) is 1.87. The zero-order valence-corrected chi connectivity index (χ0v) is 17.7. The second kappa shape index (κ2) is 9.61. The molecule has 166 valence electrons. The van der Waals surface area contributed by atoms with Crippen LogP contribution in [0, 0.1) is 0 Å². The van der Waals surface area contributed by atoms with E-state index >= 15 is 0 Å². The number of nitrogens with zero attached hydrogens (tertiary/aromatic N) is 2. The van der Waals surface area contributed by atoms with Gasteiger partial charge in [-0.15, -0.1) is 0 Å². The molecule has 32 heavy (non-hydrogen) atoms. The van der Waals surface area contributed by atoms with Crippen molar-refractivity contribution in [1.29, 1.82) is 0 Å². The Morgan fingerprint density at radius 2 is 1.81 bits per heavy atom. The highest BCUT2D eigenvalue weighted by molar-refractivity contribution is 5.95. The second-order valence-corrected chi connectivity index (χ2v) is 7.49. The van der Waals surface area contributed by atoms with Crippen LogP contribution < -0.4 is 15.8 Å². The average Bonchev–Trinajstić information content (AvgIpc) is 2.82. The van der Waals surface area contributed by atoms with Gasteiger partial charge in [0.2, 0.25) is 0 Å². The summed E-state index contributed by atoms with van der Waals surface area (Å²) in [5.74, 6) is -1.04. The second-order valence-electron chi connectivity index (χ2n) is 7.49. The molecule has 9 nitrogen and oxygen atoms in total. The highest BCUT2D eigenvalue weighted by atomic mass is 16.5. The smallest absolute Gasteiger partial charge is 0.312 e. The van der Waals surface area contributed by atoms with Gasteiger partial charge in [0.1, 0.15) is 0 Å². The zero-order chi connectivity index (χ0) is 22.5. The Bertz CT molecular complexity index is 1170. The van der Waals surface area contributed by atoms with Crippen LogP contribution in [-0.2, 0) is 25.5 Å². The highest BCUT2D eigenvalue weighted by Crippen LogP contribution is 2.19. The molecule has 0 spiro atoms. The first-order valence-corrected chi connectivity index (χ1v) is 10.4. The first-order valence-electron chi connectivity index (χ1n) is 10.4. The third-order valence-corrected chi connectivity index (χ3v) is 5.28. The van der Waals surface area contributed by atoms with E-state index in [1.165, 1.54) is 6.92 Å². The molecule has 1 fully saturated rings. The number of nitrogens with one attached hydrogen (secondary N) is 2. The van der Waals surface area contributed by atoms with Crippen molar-refractivity contribution in [1.82, 2.24) is 10.2 Å². The molecule has 2 heterocycles. The summed E-state index contributed by atoms with van der Waals surface area (Å²) in [6, 6.07) is 14.4. The number of carbonyl (C=O) groups is 2. The highest BCUT2D eigenvalue weighted by Gasteiger charge is 2.20. The fourth-order valence-corrected chi connectivity index (χ4v) is 3.56. The Balaban J connectivity index is 1.34. The van der Waals surface area contributed by atoms with Gasteiger partial charge in [-0.05, 0) is 37.3 Å². The molecule has 1 amide bonds. The monoisotopic (exact) mass is 436 g/mol. The van der Waals surface area contributed by atoms with Crippen molar-refractivity contribution >= 4 is 34.0 Å². The average molecular weight is 436 g/mol. The fourth-order valence-electron chi connectivity index (χ4n) is 3.56. The van der Waals surface area contributed by atoms with E-state index in [2.05, 4.69) is 20.4 Å². The number of ether oxygens (including phenoxy) is 2. The van der Waals surface area contributed by atoms with Crippen molar-refractivity contribution < 1.29 is 19.1 Å². The van der Waals surface area contributed by atoms with Crippen LogP contribution in [0.15, 0.2) is 53.3 Å². The van der Waals surface area contributed by atoms with Crippen LogP contribution in [0.25, 0.3) is 10.8 Å². The number of rotatable bonds is 6. The van der Waals surface area contributed by atoms with Gasteiger partial charge in [-0.3, -0.25) is 14.4 Å². The van der Waals surface area contributed by atoms with E-state index in [9.17, 15) is 14.4 Å². The maximum Gasteiger partial charge on any atom is 0.312 e. The molecule has 3 aromatic rings. The lowest BCUT2D eigenvalue weighted by molar-refractivity contribution is -0.152. The maximum absolute atomic E-state index is 12.5. The predicted molar refractivity (Wildman–Crippen MR) is 120 cm³/mol. The lowest BCUT2D eigenvalue weighted by atomic mass is 10.1. The number of amides is 1. The van der Waals surface area contributed by atoms with Gasteiger partial charge in [0, 0.05) is 29.9 Å². The Morgan fingerprint density at radius 3 is 2.53 bits per heavy atom. The molecule has 1 unspecified atom stereocenters. The van der Waals surface area contributed by atoms with Crippen molar-refractivity contribution in [2.24, 2.45) is 0 Å². The van der Waals surface area contributed by atoms with Crippen LogP contribution in [0.5, 0.6) is 0 Å². The topological polar surface area (TPSA) is 114 Å². The maximum atomic E-state index is 12.5. The molecule has 0 saturated carbocycles. The number of H-pyrrole nitrogens is 1. The van der Waals surface area contributed by atoms with Crippen molar-refractivity contribution in [2.75, 3.05) is 36.5 Å². The number of benzene rings is 2. The number of hydrogen-bond acceptors (Lipinski definition) is 7. The van der Waals surface area contributed by atoms with E-state index in [0.717, 1.165) is 18.8 Å². The summed E-state index contributed by atoms with van der Waals surface area (Å²) in [4.78, 5) is 38.9. The number of anilines is 2. The molecule has 1 saturated heterocycles. The van der Waals surface area contributed by atoms with E-state index in [-0.39, 0.29) is 12.0 Å². The van der Waals surface area contributed by atoms with Crippen molar-refractivity contribution in [3.8, 4) is 0 Å². The molecule has 0 bridgehead atoms. The van der Waals surface area contributed by atoms with Crippen LogP contribution >= 0.6 is 0 Å². The molecule has 1 atom stereocenters. The molecule has 0 aliphatic carbocycles. The molecule has 2 N–H and O–H groups in total. The van der Waals surface area contributed by atoms with Gasteiger partial charge in [-0.25, -0.2) is 5.10 Å². The summed E-state index contributed by atoms with van der Waals surface area (Å²) in [6.07, 6.45) is -1.15. The van der Waals surface area contributed by atoms with Gasteiger partial charge >= 0.3 is 5.97 Å². The minimum absolute atomic E-state index is 0.164. The molecule has 1 aliphatic rings. The largest absolute Gasteiger partial charge is 0.452 e. The quantitative estimate of drug-likeness (QED) is 0.567. The van der Waals surface area contributed by atoms with Crippen LogP contribution in [0.4, 0.5) is 11.4 Å². The summed E-state index contributed by atoms with van der Waals surface area (Å²) in [7, 11) is 0. The van der Waals surface area contributed by atoms with E-state index in [1.54, 1.807) is 24.3 Å². The minimum Gasteiger partial charge on any atom is -0.452 e. The molecule has 1 aliphatic heterocycles. The number of morpholine rings is 1. The molecule has 1 aromatic heterocycles. The molecule has 2 aromatic carbocycles. The Morgan fingerprint density at radius 1 is 1.12 bits per heavy atom. The van der Waals surface area contributed by atoms with Gasteiger partial charge in [0.25, 0.3) is 11.5 Å². The Kier molecular flexibility index (Phi) is 6.46. The SMILES string of the molecule is CC(OC(=O)Cc1n[nH]c(=O)c2ccccc12)C(=O)Nc1ccc(N2CCOCC2)cc1. The number of aromatic amines is 1. The van der Waals surface area contributed by atoms with Crippen molar-refractivity contribution in [2.45, 2.75) is 19.4 Å². The number of carbonyl (C=O) groups excluding carboxylic acids is 2. The molecule has 4 rings (SSSR count). The minimum atomic E-state index is -0.990. The van der Waals surface area contributed by atoms with E-state index in [0.29, 0.717) is 35.4 Å². The lowest BCUT2D eigenvalue weighted by Gasteiger charge is -2.28. The summed E-state index contributed by atoms with van der Waals surface area (Å²) < 4.78 is 10.6. The standard InChI is InChI=1S/C23H24N4O5/c1-15(22(29)24-16-6-8-17(9-7-16)27-10-12-31-13-11-27)32-21(28)14-20-18-4-2-3-5-19(18)23(30)26-25-20/h2-9,15H,10-14H2,1H3,(H,24,29)(H,26,30). The van der Waals surface area contributed by atoms with Crippen LogP contribution in [0.2, 0.25) is 0 Å². The van der Waals surface area contributed by atoms with Gasteiger partial charge in [-0.1, -0.05) is 18.2 Å². The third-order valence-electron chi connectivity index (χ3n) is 5.28. The summed E-state index contributed by atoms with van der Waals surface area (Å²) in [5.41, 5.74) is 1.73. The van der Waals surface area contributed by atoms with Gasteiger partial charge in [-0.2, -0.15) is 5.10 Å². The van der Waals surface area contributed by atoms with E-state index in [1.807, 2.05) is 24.3 Å². The Hall–Kier alpha value is -3.72. The van der Waals surface area contributed by atoms with Crippen LogP contribution in [-0.4, -0.2) is 54.5 Å². The van der Waals surface area contributed by atoms with Crippen molar-refractivity contribution in [3.05, 3.63) is 64.6 Å². The molecule has 0 radical (unpaired) electrons. The van der Waals surface area contributed by atoms with Crippen molar-refractivity contribution in [3.63, 3.8) is 0 Å². The van der Waals surface area contributed by atoms with Gasteiger partial charge < -0.3 is 19.7 Å². The fraction of sp³-hybridized carbons (Fsp3) is 0.304. The number of aromatic nitrogens is 2.